The van der Waals surface area contributed by atoms with Crippen LogP contribution in [0.15, 0.2) is 60.7 Å². The highest BCUT2D eigenvalue weighted by Gasteiger charge is 2.01. The quantitative estimate of drug-likeness (QED) is 0.823. The molecule has 0 spiro atoms. The summed E-state index contributed by atoms with van der Waals surface area (Å²) in [7, 11) is 3.59. The molecule has 0 saturated heterocycles. The van der Waals surface area contributed by atoms with Crippen molar-refractivity contribution in [2.75, 3.05) is 34.4 Å². The van der Waals surface area contributed by atoms with Gasteiger partial charge in [-0.25, -0.2) is 12.7 Å². The summed E-state index contributed by atoms with van der Waals surface area (Å²) in [5, 5.41) is 0. The van der Waals surface area contributed by atoms with Crippen molar-refractivity contribution in [3.05, 3.63) is 60.7 Å². The zero-order valence-electron chi connectivity index (χ0n) is 16.5. The molecule has 0 fully saturated rings. The maximum absolute atomic E-state index is 10.4. The molecule has 1 amide bonds. The second-order valence-corrected chi connectivity index (χ2v) is 8.12. The molecular weight excluding hydrogens is 348 g/mol. The van der Waals surface area contributed by atoms with Crippen molar-refractivity contribution in [2.45, 2.75) is 13.3 Å². The van der Waals surface area contributed by atoms with Crippen LogP contribution < -0.4 is 0 Å². The van der Waals surface area contributed by atoms with Gasteiger partial charge in [-0.15, -0.1) is 0 Å². The Morgan fingerprint density at radius 3 is 1.27 bits per heavy atom. The summed E-state index contributed by atoms with van der Waals surface area (Å²) in [5.74, 6) is 0.181. The van der Waals surface area contributed by atoms with Gasteiger partial charge in [0, 0.05) is 34.6 Å². The van der Waals surface area contributed by atoms with Gasteiger partial charge in [0.25, 0.3) is 0 Å². The molecule has 0 aliphatic heterocycles. The third-order valence-electron chi connectivity index (χ3n) is 3.35. The SMILES string of the molecule is CCC(=O)N(C)C.CN(C)S(C)(=O)=O.c1ccc(-c2ccccc2)cc1. The Balaban J connectivity index is 0.000000390. The fraction of sp³-hybridized carbons (Fsp3) is 0.350. The van der Waals surface area contributed by atoms with Crippen LogP contribution in [0.2, 0.25) is 0 Å². The number of hydrogen-bond donors (Lipinski definition) is 0. The molecular formula is C20H30N2O3S. The predicted octanol–water partition coefficient (Wildman–Crippen LogP) is 3.35. The molecule has 0 aromatic heterocycles. The smallest absolute Gasteiger partial charge is 0.221 e. The molecule has 2 rings (SSSR count). The maximum atomic E-state index is 10.4. The van der Waals surface area contributed by atoms with E-state index in [1.54, 1.807) is 19.0 Å². The summed E-state index contributed by atoms with van der Waals surface area (Å²) in [6.45, 7) is 1.85. The van der Waals surface area contributed by atoms with E-state index >= 15 is 0 Å². The second-order valence-electron chi connectivity index (χ2n) is 5.92. The molecule has 0 saturated carbocycles. The van der Waals surface area contributed by atoms with E-state index in [2.05, 4.69) is 48.5 Å². The third kappa shape index (κ3) is 10.6. The van der Waals surface area contributed by atoms with Gasteiger partial charge in [0.05, 0.1) is 6.26 Å². The average Bonchev–Trinajstić information content (AvgIpc) is 2.62. The van der Waals surface area contributed by atoms with Crippen molar-refractivity contribution in [3.63, 3.8) is 0 Å². The van der Waals surface area contributed by atoms with Crippen LogP contribution in [-0.4, -0.2) is 58.0 Å². The number of benzene rings is 2. The highest BCUT2D eigenvalue weighted by molar-refractivity contribution is 7.88. The topological polar surface area (TPSA) is 57.7 Å². The number of carbonyl (C=O) groups is 1. The molecule has 144 valence electrons. The highest BCUT2D eigenvalue weighted by atomic mass is 32.2. The van der Waals surface area contributed by atoms with Crippen molar-refractivity contribution in [1.82, 2.24) is 9.21 Å². The van der Waals surface area contributed by atoms with Gasteiger partial charge in [0.15, 0.2) is 0 Å². The summed E-state index contributed by atoms with van der Waals surface area (Å²) >= 11 is 0. The van der Waals surface area contributed by atoms with E-state index in [4.69, 9.17) is 0 Å². The van der Waals surface area contributed by atoms with Crippen molar-refractivity contribution in [2.24, 2.45) is 0 Å². The van der Waals surface area contributed by atoms with E-state index < -0.39 is 10.0 Å². The first-order valence-electron chi connectivity index (χ1n) is 8.27. The highest BCUT2D eigenvalue weighted by Crippen LogP contribution is 2.17. The predicted molar refractivity (Wildman–Crippen MR) is 109 cm³/mol. The molecule has 26 heavy (non-hydrogen) atoms. The van der Waals surface area contributed by atoms with Crippen molar-refractivity contribution in [3.8, 4) is 11.1 Å². The Morgan fingerprint density at radius 1 is 0.808 bits per heavy atom. The summed E-state index contributed by atoms with van der Waals surface area (Å²) in [6.07, 6.45) is 1.76. The summed E-state index contributed by atoms with van der Waals surface area (Å²) in [4.78, 5) is 12.0. The van der Waals surface area contributed by atoms with Crippen LogP contribution in [0.25, 0.3) is 11.1 Å². The molecule has 0 atom stereocenters. The van der Waals surface area contributed by atoms with Gasteiger partial charge < -0.3 is 4.90 Å². The number of hydrogen-bond acceptors (Lipinski definition) is 3. The zero-order valence-corrected chi connectivity index (χ0v) is 17.3. The standard InChI is InChI=1S/C12H10.C5H11NO.C3H9NO2S/c1-3-7-11(8-4-1)12-9-5-2-6-10-12;1-4-5(7)6(2)3;1-4(2)7(3,5)6/h1-10H;4H2,1-3H3;1-3H3. The third-order valence-corrected chi connectivity index (χ3v) is 4.67. The van der Waals surface area contributed by atoms with Crippen molar-refractivity contribution in [1.29, 1.82) is 0 Å². The fourth-order valence-corrected chi connectivity index (χ4v) is 1.58. The largest absolute Gasteiger partial charge is 0.349 e. The lowest BCUT2D eigenvalue weighted by atomic mass is 10.1. The van der Waals surface area contributed by atoms with Crippen LogP contribution in [-0.2, 0) is 14.8 Å². The van der Waals surface area contributed by atoms with Crippen LogP contribution in [0, 0.1) is 0 Å². The number of carbonyl (C=O) groups excluding carboxylic acids is 1. The summed E-state index contributed by atoms with van der Waals surface area (Å²) in [6, 6.07) is 20.8. The van der Waals surface area contributed by atoms with Gasteiger partial charge in [-0.1, -0.05) is 67.6 Å². The van der Waals surface area contributed by atoms with E-state index in [1.807, 2.05) is 19.1 Å². The first-order valence-corrected chi connectivity index (χ1v) is 10.1. The van der Waals surface area contributed by atoms with Crippen molar-refractivity contribution < 1.29 is 13.2 Å². The lowest BCUT2D eigenvalue weighted by Gasteiger charge is -2.05. The molecule has 0 N–H and O–H groups in total. The van der Waals surface area contributed by atoms with Gasteiger partial charge in [0.1, 0.15) is 0 Å². The second kappa shape index (κ2) is 12.2. The van der Waals surface area contributed by atoms with Crippen LogP contribution in [0.3, 0.4) is 0 Å². The molecule has 5 nitrogen and oxygen atoms in total. The van der Waals surface area contributed by atoms with Crippen LogP contribution in [0.1, 0.15) is 13.3 Å². The first kappa shape index (κ1) is 23.8. The van der Waals surface area contributed by atoms with E-state index in [-0.39, 0.29) is 5.91 Å². The van der Waals surface area contributed by atoms with Crippen LogP contribution >= 0.6 is 0 Å². The van der Waals surface area contributed by atoms with Gasteiger partial charge in [-0.2, -0.15) is 0 Å². The Hall–Kier alpha value is -2.18. The lowest BCUT2D eigenvalue weighted by molar-refractivity contribution is -0.128. The molecule has 0 unspecified atom stereocenters. The van der Waals surface area contributed by atoms with Crippen molar-refractivity contribution >= 4 is 15.9 Å². The van der Waals surface area contributed by atoms with Gasteiger partial charge >= 0.3 is 0 Å². The first-order chi connectivity index (χ1) is 12.1. The zero-order chi connectivity index (χ0) is 20.2. The summed E-state index contributed by atoms with van der Waals surface area (Å²) < 4.78 is 21.7. The fourth-order valence-electron chi connectivity index (χ4n) is 1.58. The molecule has 2 aromatic rings. The number of sulfonamides is 1. The van der Waals surface area contributed by atoms with E-state index in [0.29, 0.717) is 6.42 Å². The summed E-state index contributed by atoms with van der Waals surface area (Å²) in [5.41, 5.74) is 2.55. The monoisotopic (exact) mass is 378 g/mol. The molecule has 2 aromatic carbocycles. The van der Waals surface area contributed by atoms with E-state index in [0.717, 1.165) is 10.6 Å². The minimum absolute atomic E-state index is 0.181. The Labute approximate surface area is 158 Å². The maximum Gasteiger partial charge on any atom is 0.221 e. The minimum atomic E-state index is -2.91. The molecule has 0 aliphatic carbocycles. The Morgan fingerprint density at radius 2 is 1.12 bits per heavy atom. The van der Waals surface area contributed by atoms with Crippen LogP contribution in [0.5, 0.6) is 0 Å². The molecule has 0 radical (unpaired) electrons. The molecule has 0 heterocycles. The number of amides is 1. The van der Waals surface area contributed by atoms with Gasteiger partial charge in [-0.05, 0) is 11.1 Å². The normalized spacial score (nSPS) is 10.1. The Bertz CT molecular complexity index is 691. The van der Waals surface area contributed by atoms with Gasteiger partial charge in [0.2, 0.25) is 15.9 Å². The lowest BCUT2D eigenvalue weighted by Crippen LogP contribution is -2.19. The van der Waals surface area contributed by atoms with E-state index in [9.17, 15) is 13.2 Å². The molecule has 6 heteroatoms. The Kier molecular flexibility index (Phi) is 11.2. The van der Waals surface area contributed by atoms with E-state index in [1.165, 1.54) is 25.2 Å². The van der Waals surface area contributed by atoms with Crippen LogP contribution in [0.4, 0.5) is 0 Å². The average molecular weight is 379 g/mol. The number of rotatable bonds is 3. The minimum Gasteiger partial charge on any atom is -0.349 e. The molecule has 0 bridgehead atoms. The van der Waals surface area contributed by atoms with Gasteiger partial charge in [-0.3, -0.25) is 4.79 Å². The number of nitrogens with zero attached hydrogens (tertiary/aromatic N) is 2. The molecule has 0 aliphatic rings.